The van der Waals surface area contributed by atoms with E-state index in [2.05, 4.69) is 5.10 Å². The Morgan fingerprint density at radius 2 is 2.04 bits per heavy atom. The van der Waals surface area contributed by atoms with Crippen LogP contribution in [0.3, 0.4) is 0 Å². The molecule has 0 saturated carbocycles. The van der Waals surface area contributed by atoms with Gasteiger partial charge in [0.1, 0.15) is 29.7 Å². The van der Waals surface area contributed by atoms with Crippen LogP contribution in [-0.4, -0.2) is 14.5 Å². The summed E-state index contributed by atoms with van der Waals surface area (Å²) in [5, 5.41) is 4.60. The molecule has 2 N–H and O–H groups in total. The van der Waals surface area contributed by atoms with Crippen molar-refractivity contribution in [1.29, 1.82) is 0 Å². The van der Waals surface area contributed by atoms with E-state index in [0.717, 1.165) is 6.07 Å². The number of nitrogen functional groups attached to an aromatic ring is 1. The van der Waals surface area contributed by atoms with Crippen molar-refractivity contribution in [3.63, 3.8) is 0 Å². The maximum Gasteiger partial charge on any atom is 0.216 e. The van der Waals surface area contributed by atoms with Gasteiger partial charge in [0, 0.05) is 22.2 Å². The highest BCUT2D eigenvalue weighted by Crippen LogP contribution is 2.59. The lowest BCUT2D eigenvalue weighted by atomic mass is 9.91. The second-order valence-corrected chi connectivity index (χ2v) is 6.78. The third-order valence-electron chi connectivity index (χ3n) is 4.41. The number of epoxide rings is 1. The maximum absolute atomic E-state index is 14.5. The van der Waals surface area contributed by atoms with Crippen molar-refractivity contribution in [3.8, 4) is 0 Å². The van der Waals surface area contributed by atoms with Crippen LogP contribution in [0.1, 0.15) is 17.2 Å². The molecule has 1 saturated heterocycles. The minimum absolute atomic E-state index is 0.106. The number of benzene rings is 2. The molecule has 0 radical (unpaired) electrons. The monoisotopic (exact) mass is 394 g/mol. The van der Waals surface area contributed by atoms with Gasteiger partial charge in [-0.15, -0.1) is 0 Å². The Hall–Kier alpha value is -2.29. The van der Waals surface area contributed by atoms with Gasteiger partial charge in [0.25, 0.3) is 0 Å². The molecule has 4 rings (SSSR count). The molecule has 0 aliphatic carbocycles. The molecule has 9 heteroatoms. The summed E-state index contributed by atoms with van der Waals surface area (Å²) in [7, 11) is 0. The molecule has 26 heavy (non-hydrogen) atoms. The third-order valence-corrected chi connectivity index (χ3v) is 5.18. The van der Waals surface area contributed by atoms with E-state index in [4.69, 9.17) is 34.4 Å². The number of nitrogens with zero attached hydrogens (tertiary/aromatic N) is 3. The number of rotatable bonds is 4. The van der Waals surface area contributed by atoms with Gasteiger partial charge >= 0.3 is 0 Å². The highest BCUT2D eigenvalue weighted by molar-refractivity contribution is 7.71. The molecule has 3 aromatic rings. The van der Waals surface area contributed by atoms with Crippen molar-refractivity contribution < 1.29 is 13.5 Å². The van der Waals surface area contributed by atoms with Gasteiger partial charge in [-0.3, -0.25) is 0 Å². The van der Waals surface area contributed by atoms with Gasteiger partial charge in [-0.25, -0.2) is 18.1 Å². The molecule has 1 fully saturated rings. The van der Waals surface area contributed by atoms with Crippen molar-refractivity contribution in [1.82, 2.24) is 14.5 Å². The highest BCUT2D eigenvalue weighted by Gasteiger charge is 2.61. The largest absolute Gasteiger partial charge is 0.354 e. The molecule has 2 heterocycles. The zero-order chi connectivity index (χ0) is 18.5. The van der Waals surface area contributed by atoms with Crippen molar-refractivity contribution in [3.05, 3.63) is 81.3 Å². The van der Waals surface area contributed by atoms with Crippen LogP contribution >= 0.6 is 23.8 Å². The highest BCUT2D eigenvalue weighted by atomic mass is 35.5. The van der Waals surface area contributed by atoms with E-state index in [0.29, 0.717) is 10.6 Å². The zero-order valence-electron chi connectivity index (χ0n) is 13.3. The predicted octanol–water partition coefficient (Wildman–Crippen LogP) is 3.73. The van der Waals surface area contributed by atoms with E-state index in [9.17, 15) is 8.78 Å². The van der Waals surface area contributed by atoms with Gasteiger partial charge in [-0.1, -0.05) is 35.9 Å². The molecule has 0 unspecified atom stereocenters. The molecule has 5 nitrogen and oxygen atoms in total. The van der Waals surface area contributed by atoms with Crippen LogP contribution in [0.15, 0.2) is 48.8 Å². The van der Waals surface area contributed by atoms with Crippen molar-refractivity contribution in [2.24, 2.45) is 0 Å². The van der Waals surface area contributed by atoms with E-state index in [-0.39, 0.29) is 16.9 Å². The molecule has 2 atom stereocenters. The van der Waals surface area contributed by atoms with Crippen molar-refractivity contribution in [2.45, 2.75) is 18.2 Å². The van der Waals surface area contributed by atoms with Gasteiger partial charge in [-0.05, 0) is 24.4 Å². The molecule has 1 aliphatic heterocycles. The molecule has 0 amide bonds. The van der Waals surface area contributed by atoms with Crippen LogP contribution in [-0.2, 0) is 16.9 Å². The quantitative estimate of drug-likeness (QED) is 0.416. The Bertz CT molecular complexity index is 1050. The average molecular weight is 395 g/mol. The molecular formula is C17H13ClF2N4OS. The molecule has 2 aromatic carbocycles. The Labute approximate surface area is 157 Å². The summed E-state index contributed by atoms with van der Waals surface area (Å²) in [5.74, 6) is 4.30. The number of hydrogen-bond donors (Lipinski definition) is 1. The fourth-order valence-corrected chi connectivity index (χ4v) is 3.50. The SMILES string of the molecule is Nn1cnn(C[C@]2(c3ccc(F)cc3F)O[C@H]2c2ccccc2Cl)c1=S. The van der Waals surface area contributed by atoms with E-state index in [1.54, 1.807) is 18.2 Å². The zero-order valence-corrected chi connectivity index (χ0v) is 14.8. The van der Waals surface area contributed by atoms with Crippen LogP contribution in [0, 0.1) is 16.4 Å². The number of halogens is 3. The molecule has 1 aliphatic rings. The lowest BCUT2D eigenvalue weighted by Crippen LogP contribution is -2.22. The number of ether oxygens (including phenoxy) is 1. The van der Waals surface area contributed by atoms with Crippen LogP contribution in [0.5, 0.6) is 0 Å². The van der Waals surface area contributed by atoms with E-state index in [1.807, 2.05) is 6.07 Å². The summed E-state index contributed by atoms with van der Waals surface area (Å²) in [6, 6.07) is 10.5. The summed E-state index contributed by atoms with van der Waals surface area (Å²) >= 11 is 11.5. The first-order valence-electron chi connectivity index (χ1n) is 7.70. The first-order chi connectivity index (χ1) is 12.4. The van der Waals surface area contributed by atoms with Gasteiger partial charge in [0.15, 0.2) is 0 Å². The fraction of sp³-hybridized carbons (Fsp3) is 0.176. The van der Waals surface area contributed by atoms with Crippen LogP contribution in [0.4, 0.5) is 8.78 Å². The molecule has 134 valence electrons. The first kappa shape index (κ1) is 17.1. The Morgan fingerprint density at radius 3 is 2.69 bits per heavy atom. The molecular weight excluding hydrogens is 382 g/mol. The number of hydrogen-bond acceptors (Lipinski definition) is 4. The van der Waals surface area contributed by atoms with Crippen LogP contribution in [0.25, 0.3) is 0 Å². The van der Waals surface area contributed by atoms with Gasteiger partial charge < -0.3 is 10.6 Å². The summed E-state index contributed by atoms with van der Waals surface area (Å²) in [6.07, 6.45) is 0.824. The molecule has 0 spiro atoms. The minimum Gasteiger partial charge on any atom is -0.354 e. The summed E-state index contributed by atoms with van der Waals surface area (Å²) in [4.78, 5) is 0. The maximum atomic E-state index is 14.5. The van der Waals surface area contributed by atoms with Crippen molar-refractivity contribution >= 4 is 23.8 Å². The average Bonchev–Trinajstić information content (AvgIpc) is 3.23. The lowest BCUT2D eigenvalue weighted by Gasteiger charge is -2.15. The molecule has 1 aromatic heterocycles. The lowest BCUT2D eigenvalue weighted by molar-refractivity contribution is 0.255. The van der Waals surface area contributed by atoms with E-state index < -0.39 is 23.3 Å². The Balaban J connectivity index is 1.82. The standard InChI is InChI=1S/C17H13ClF2N4OS/c18-13-4-2-1-3-11(13)15-17(25-15,8-24-16(26)23(21)9-22-24)12-6-5-10(19)7-14(12)20/h1-7,9,15H,8,21H2/t15-,17+/m0/s1. The van der Waals surface area contributed by atoms with Crippen LogP contribution in [0.2, 0.25) is 5.02 Å². The van der Waals surface area contributed by atoms with E-state index in [1.165, 1.54) is 27.8 Å². The third kappa shape index (κ3) is 2.70. The second-order valence-electron chi connectivity index (χ2n) is 6.01. The second kappa shape index (κ2) is 6.15. The normalized spacial score (nSPS) is 21.7. The van der Waals surface area contributed by atoms with Gasteiger partial charge in [0.2, 0.25) is 4.77 Å². The first-order valence-corrected chi connectivity index (χ1v) is 8.48. The summed E-state index contributed by atoms with van der Waals surface area (Å²) < 4.78 is 36.7. The smallest absolute Gasteiger partial charge is 0.216 e. The van der Waals surface area contributed by atoms with Gasteiger partial charge in [0.05, 0.1) is 6.54 Å². The predicted molar refractivity (Wildman–Crippen MR) is 94.5 cm³/mol. The number of nitrogens with two attached hydrogens (primary N) is 1. The van der Waals surface area contributed by atoms with Crippen LogP contribution < -0.4 is 5.84 Å². The van der Waals surface area contributed by atoms with Gasteiger partial charge in [-0.2, -0.15) is 5.10 Å². The fourth-order valence-electron chi connectivity index (χ4n) is 3.10. The molecule has 0 bridgehead atoms. The Morgan fingerprint density at radius 1 is 1.27 bits per heavy atom. The van der Waals surface area contributed by atoms with E-state index >= 15 is 0 Å². The van der Waals surface area contributed by atoms with Crippen molar-refractivity contribution in [2.75, 3.05) is 5.84 Å². The number of aromatic nitrogens is 3. The summed E-state index contributed by atoms with van der Waals surface area (Å²) in [5.41, 5.74) is -0.205. The Kier molecular flexibility index (Phi) is 4.06. The summed E-state index contributed by atoms with van der Waals surface area (Å²) in [6.45, 7) is 0.106. The minimum atomic E-state index is -1.12. The topological polar surface area (TPSA) is 61.3 Å².